The molecule has 0 fully saturated rings. The lowest BCUT2D eigenvalue weighted by molar-refractivity contribution is -0.125. The summed E-state index contributed by atoms with van der Waals surface area (Å²) in [6.45, 7) is 4.76. The Labute approximate surface area is 115 Å². The normalized spacial score (nSPS) is 11.5. The average Bonchev–Trinajstić information content (AvgIpc) is 2.21. The molecular formula is C12H16BrClN2O. The topological polar surface area (TPSA) is 55.1 Å². The molecule has 0 bridgehead atoms. The fourth-order valence-corrected chi connectivity index (χ4v) is 2.00. The maximum atomic E-state index is 11.1. The fourth-order valence-electron chi connectivity index (χ4n) is 1.26. The Bertz CT molecular complexity index is 421. The number of hydrogen-bond donors (Lipinski definition) is 2. The van der Waals surface area contributed by atoms with Crippen LogP contribution in [-0.2, 0) is 11.3 Å². The average molecular weight is 320 g/mol. The molecule has 1 aromatic carbocycles. The monoisotopic (exact) mass is 318 g/mol. The molecule has 0 saturated heterocycles. The highest BCUT2D eigenvalue weighted by Crippen LogP contribution is 2.21. The smallest absolute Gasteiger partial charge is 0.224 e. The molecule has 0 aromatic heterocycles. The molecule has 1 rings (SSSR count). The van der Waals surface area contributed by atoms with Gasteiger partial charge < -0.3 is 11.1 Å². The van der Waals surface area contributed by atoms with Gasteiger partial charge >= 0.3 is 0 Å². The molecular weight excluding hydrogens is 304 g/mol. The Kier molecular flexibility index (Phi) is 4.98. The van der Waals surface area contributed by atoms with E-state index in [4.69, 9.17) is 17.3 Å². The standard InChI is InChI=1S/C12H16BrClN2O/c1-12(2,11(15)17)7-16-6-8-3-4-9(13)5-10(8)14/h3-5,16H,6-7H2,1-2H3,(H2,15,17). The van der Waals surface area contributed by atoms with E-state index in [9.17, 15) is 4.79 Å². The van der Waals surface area contributed by atoms with Crippen LogP contribution in [0, 0.1) is 5.41 Å². The minimum Gasteiger partial charge on any atom is -0.369 e. The van der Waals surface area contributed by atoms with Crippen molar-refractivity contribution in [2.75, 3.05) is 6.54 Å². The second-order valence-corrected chi connectivity index (χ2v) is 5.91. The molecule has 94 valence electrons. The van der Waals surface area contributed by atoms with Gasteiger partial charge in [-0.2, -0.15) is 0 Å². The van der Waals surface area contributed by atoms with Gasteiger partial charge in [-0.1, -0.05) is 33.6 Å². The molecule has 0 aliphatic rings. The summed E-state index contributed by atoms with van der Waals surface area (Å²) in [5.74, 6) is -0.313. The van der Waals surface area contributed by atoms with Crippen molar-refractivity contribution in [3.05, 3.63) is 33.3 Å². The minimum absolute atomic E-state index is 0.313. The highest BCUT2D eigenvalue weighted by molar-refractivity contribution is 9.10. The van der Waals surface area contributed by atoms with Crippen molar-refractivity contribution in [3.63, 3.8) is 0 Å². The minimum atomic E-state index is -0.554. The molecule has 5 heteroatoms. The molecule has 0 aliphatic carbocycles. The van der Waals surface area contributed by atoms with Gasteiger partial charge in [0.15, 0.2) is 0 Å². The molecule has 0 atom stereocenters. The van der Waals surface area contributed by atoms with E-state index in [0.717, 1.165) is 10.0 Å². The molecule has 1 aromatic rings. The number of halogens is 2. The first-order chi connectivity index (χ1) is 7.83. The lowest BCUT2D eigenvalue weighted by atomic mass is 9.93. The Morgan fingerprint density at radius 1 is 1.53 bits per heavy atom. The number of nitrogens with one attached hydrogen (secondary N) is 1. The van der Waals surface area contributed by atoms with E-state index < -0.39 is 5.41 Å². The van der Waals surface area contributed by atoms with Crippen LogP contribution in [0.4, 0.5) is 0 Å². The van der Waals surface area contributed by atoms with E-state index >= 15 is 0 Å². The largest absolute Gasteiger partial charge is 0.369 e. The van der Waals surface area contributed by atoms with Gasteiger partial charge in [-0.05, 0) is 31.5 Å². The van der Waals surface area contributed by atoms with Crippen molar-refractivity contribution < 1.29 is 4.79 Å². The van der Waals surface area contributed by atoms with Crippen molar-refractivity contribution >= 4 is 33.4 Å². The predicted molar refractivity (Wildman–Crippen MR) is 73.8 cm³/mol. The number of carbonyl (C=O) groups excluding carboxylic acids is 1. The van der Waals surface area contributed by atoms with Gasteiger partial charge in [0.2, 0.25) is 5.91 Å². The van der Waals surface area contributed by atoms with Crippen LogP contribution in [0.1, 0.15) is 19.4 Å². The molecule has 3 N–H and O–H groups in total. The Hall–Kier alpha value is -0.580. The molecule has 17 heavy (non-hydrogen) atoms. The van der Waals surface area contributed by atoms with Crippen LogP contribution in [0.15, 0.2) is 22.7 Å². The highest BCUT2D eigenvalue weighted by atomic mass is 79.9. The Balaban J connectivity index is 2.54. The second kappa shape index (κ2) is 5.85. The van der Waals surface area contributed by atoms with Gasteiger partial charge in [0, 0.05) is 22.6 Å². The fraction of sp³-hybridized carbons (Fsp3) is 0.417. The van der Waals surface area contributed by atoms with Crippen LogP contribution < -0.4 is 11.1 Å². The zero-order valence-corrected chi connectivity index (χ0v) is 12.2. The summed E-state index contributed by atoms with van der Waals surface area (Å²) in [5, 5.41) is 3.88. The molecule has 0 saturated carbocycles. The van der Waals surface area contributed by atoms with Crippen LogP contribution in [0.5, 0.6) is 0 Å². The van der Waals surface area contributed by atoms with Gasteiger partial charge in [-0.15, -0.1) is 0 Å². The van der Waals surface area contributed by atoms with Crippen molar-refractivity contribution in [2.45, 2.75) is 20.4 Å². The van der Waals surface area contributed by atoms with Gasteiger partial charge in [-0.3, -0.25) is 4.79 Å². The van der Waals surface area contributed by atoms with Gasteiger partial charge in [0.25, 0.3) is 0 Å². The van der Waals surface area contributed by atoms with Crippen LogP contribution in [0.3, 0.4) is 0 Å². The first-order valence-corrected chi connectivity index (χ1v) is 6.44. The molecule has 0 spiro atoms. The number of carbonyl (C=O) groups is 1. The number of rotatable bonds is 5. The maximum Gasteiger partial charge on any atom is 0.224 e. The van der Waals surface area contributed by atoms with Crippen molar-refractivity contribution in [3.8, 4) is 0 Å². The van der Waals surface area contributed by atoms with Crippen LogP contribution in [-0.4, -0.2) is 12.5 Å². The van der Waals surface area contributed by atoms with Crippen LogP contribution in [0.25, 0.3) is 0 Å². The SMILES string of the molecule is CC(C)(CNCc1ccc(Br)cc1Cl)C(N)=O. The quantitative estimate of drug-likeness (QED) is 0.877. The van der Waals surface area contributed by atoms with Crippen LogP contribution in [0.2, 0.25) is 5.02 Å². The molecule has 0 aliphatic heterocycles. The van der Waals surface area contributed by atoms with E-state index in [0.29, 0.717) is 18.1 Å². The van der Waals surface area contributed by atoms with Crippen molar-refractivity contribution in [1.82, 2.24) is 5.32 Å². The van der Waals surface area contributed by atoms with E-state index in [1.54, 1.807) is 0 Å². The molecule has 0 radical (unpaired) electrons. The number of primary amides is 1. The highest BCUT2D eigenvalue weighted by Gasteiger charge is 2.24. The number of benzene rings is 1. The third kappa shape index (κ3) is 4.30. The van der Waals surface area contributed by atoms with Crippen LogP contribution >= 0.6 is 27.5 Å². The van der Waals surface area contributed by atoms with Crippen molar-refractivity contribution in [1.29, 1.82) is 0 Å². The summed E-state index contributed by atoms with van der Waals surface area (Å²) in [6.07, 6.45) is 0. The van der Waals surface area contributed by atoms with Gasteiger partial charge in [-0.25, -0.2) is 0 Å². The van der Waals surface area contributed by atoms with E-state index in [-0.39, 0.29) is 5.91 Å². The zero-order chi connectivity index (χ0) is 13.1. The summed E-state index contributed by atoms with van der Waals surface area (Å²) >= 11 is 9.43. The number of amides is 1. The lowest BCUT2D eigenvalue weighted by Crippen LogP contribution is -2.40. The summed E-state index contributed by atoms with van der Waals surface area (Å²) in [6, 6.07) is 5.72. The number of hydrogen-bond acceptors (Lipinski definition) is 2. The third-order valence-corrected chi connectivity index (χ3v) is 3.41. The van der Waals surface area contributed by atoms with E-state index in [1.165, 1.54) is 0 Å². The molecule has 1 amide bonds. The van der Waals surface area contributed by atoms with Gasteiger partial charge in [0.05, 0.1) is 5.41 Å². The summed E-state index contributed by atoms with van der Waals surface area (Å²) in [5.41, 5.74) is 5.73. The van der Waals surface area contributed by atoms with Gasteiger partial charge in [0.1, 0.15) is 0 Å². The zero-order valence-electron chi connectivity index (χ0n) is 9.89. The summed E-state index contributed by atoms with van der Waals surface area (Å²) in [4.78, 5) is 11.1. The molecule has 0 unspecified atom stereocenters. The van der Waals surface area contributed by atoms with E-state index in [2.05, 4.69) is 21.2 Å². The third-order valence-electron chi connectivity index (χ3n) is 2.56. The first kappa shape index (κ1) is 14.5. The lowest BCUT2D eigenvalue weighted by Gasteiger charge is -2.21. The summed E-state index contributed by atoms with van der Waals surface area (Å²) < 4.78 is 0.948. The Morgan fingerprint density at radius 3 is 2.71 bits per heavy atom. The molecule has 0 heterocycles. The number of nitrogens with two attached hydrogens (primary N) is 1. The second-order valence-electron chi connectivity index (χ2n) is 4.59. The maximum absolute atomic E-state index is 11.1. The van der Waals surface area contributed by atoms with E-state index in [1.807, 2.05) is 32.0 Å². The Morgan fingerprint density at radius 2 is 2.18 bits per heavy atom. The van der Waals surface area contributed by atoms with Crippen molar-refractivity contribution in [2.24, 2.45) is 11.1 Å². The molecule has 3 nitrogen and oxygen atoms in total. The first-order valence-electron chi connectivity index (χ1n) is 5.27. The summed E-state index contributed by atoms with van der Waals surface area (Å²) in [7, 11) is 0. The predicted octanol–water partition coefficient (Wildman–Crippen LogP) is 2.70.